The van der Waals surface area contributed by atoms with Gasteiger partial charge in [0.1, 0.15) is 0 Å². The van der Waals surface area contributed by atoms with Crippen molar-refractivity contribution >= 4 is 21.6 Å². The summed E-state index contributed by atoms with van der Waals surface area (Å²) in [5.41, 5.74) is 2.98. The van der Waals surface area contributed by atoms with Gasteiger partial charge in [0.15, 0.2) is 0 Å². The van der Waals surface area contributed by atoms with Crippen LogP contribution in [0, 0.1) is 18.3 Å². The molecule has 114 valence electrons. The van der Waals surface area contributed by atoms with Crippen molar-refractivity contribution in [2.45, 2.75) is 11.8 Å². The molecule has 0 bridgehead atoms. The van der Waals surface area contributed by atoms with Gasteiger partial charge in [-0.3, -0.25) is 0 Å². The second kappa shape index (κ2) is 6.93. The van der Waals surface area contributed by atoms with E-state index in [4.69, 9.17) is 11.6 Å². The molecule has 0 fully saturated rings. The van der Waals surface area contributed by atoms with Crippen molar-refractivity contribution in [1.82, 2.24) is 4.72 Å². The molecule has 2 rings (SSSR count). The van der Waals surface area contributed by atoms with E-state index in [1.165, 1.54) is 6.07 Å². The highest BCUT2D eigenvalue weighted by atomic mass is 35.5. The molecular weight excluding hydrogens is 320 g/mol. The van der Waals surface area contributed by atoms with Crippen molar-refractivity contribution in [2.24, 2.45) is 0 Å². The van der Waals surface area contributed by atoms with Gasteiger partial charge < -0.3 is 0 Å². The van der Waals surface area contributed by atoms with Crippen LogP contribution in [0.25, 0.3) is 11.1 Å². The fourth-order valence-electron chi connectivity index (χ4n) is 2.18. The molecule has 0 aliphatic carbocycles. The SMILES string of the molecule is Cc1cc(S(=O)(=O)NCCCl)ccc1-c1ccccc1C#N. The number of rotatable bonds is 5. The Morgan fingerprint density at radius 1 is 1.18 bits per heavy atom. The van der Waals surface area contributed by atoms with Crippen LogP contribution in [0.15, 0.2) is 47.4 Å². The lowest BCUT2D eigenvalue weighted by Crippen LogP contribution is -2.25. The summed E-state index contributed by atoms with van der Waals surface area (Å²) in [6.07, 6.45) is 0. The zero-order valence-corrected chi connectivity index (χ0v) is 13.6. The maximum atomic E-state index is 12.1. The lowest BCUT2D eigenvalue weighted by atomic mass is 9.97. The Labute approximate surface area is 135 Å². The molecule has 0 heterocycles. The van der Waals surface area contributed by atoms with Crippen LogP contribution in [0.1, 0.15) is 11.1 Å². The number of nitrogens with zero attached hydrogens (tertiary/aromatic N) is 1. The minimum Gasteiger partial charge on any atom is -0.210 e. The van der Waals surface area contributed by atoms with Crippen LogP contribution in [-0.4, -0.2) is 20.8 Å². The summed E-state index contributed by atoms with van der Waals surface area (Å²) < 4.78 is 26.6. The van der Waals surface area contributed by atoms with Crippen molar-refractivity contribution < 1.29 is 8.42 Å². The van der Waals surface area contributed by atoms with Crippen LogP contribution in [0.3, 0.4) is 0 Å². The molecule has 6 heteroatoms. The highest BCUT2D eigenvalue weighted by Gasteiger charge is 2.15. The third-order valence-corrected chi connectivity index (χ3v) is 4.88. The second-order valence-electron chi connectivity index (χ2n) is 4.72. The Hall–Kier alpha value is -1.87. The van der Waals surface area contributed by atoms with E-state index in [1.54, 1.807) is 24.3 Å². The van der Waals surface area contributed by atoms with Gasteiger partial charge in [-0.2, -0.15) is 5.26 Å². The normalized spacial score (nSPS) is 11.1. The summed E-state index contributed by atoms with van der Waals surface area (Å²) >= 11 is 5.51. The van der Waals surface area contributed by atoms with E-state index in [0.29, 0.717) is 5.56 Å². The predicted octanol–water partition coefficient (Wildman–Crippen LogP) is 3.05. The summed E-state index contributed by atoms with van der Waals surface area (Å²) in [6.45, 7) is 2.01. The Morgan fingerprint density at radius 3 is 2.55 bits per heavy atom. The largest absolute Gasteiger partial charge is 0.240 e. The molecular formula is C16H15ClN2O2S. The van der Waals surface area contributed by atoms with Crippen LogP contribution in [0.2, 0.25) is 0 Å². The number of hydrogen-bond donors (Lipinski definition) is 1. The van der Waals surface area contributed by atoms with Gasteiger partial charge >= 0.3 is 0 Å². The maximum absolute atomic E-state index is 12.1. The highest BCUT2D eigenvalue weighted by molar-refractivity contribution is 7.89. The summed E-state index contributed by atoms with van der Waals surface area (Å²) in [5.74, 6) is 0.214. The summed E-state index contributed by atoms with van der Waals surface area (Å²) in [6, 6.07) is 14.2. The molecule has 22 heavy (non-hydrogen) atoms. The third kappa shape index (κ3) is 3.47. The molecule has 0 unspecified atom stereocenters. The molecule has 2 aromatic rings. The Bertz CT molecular complexity index is 826. The fourth-order valence-corrected chi connectivity index (χ4v) is 3.50. The smallest absolute Gasteiger partial charge is 0.210 e. The molecule has 0 spiro atoms. The molecule has 4 nitrogen and oxygen atoms in total. The van der Waals surface area contributed by atoms with Crippen LogP contribution in [0.4, 0.5) is 0 Å². The third-order valence-electron chi connectivity index (χ3n) is 3.23. The molecule has 0 aliphatic heterocycles. The number of nitrogens with one attached hydrogen (secondary N) is 1. The van der Waals surface area contributed by atoms with Gasteiger partial charge in [-0.05, 0) is 41.8 Å². The number of benzene rings is 2. The van der Waals surface area contributed by atoms with E-state index in [1.807, 2.05) is 19.1 Å². The molecule has 0 radical (unpaired) electrons. The van der Waals surface area contributed by atoms with Crippen molar-refractivity contribution in [3.05, 3.63) is 53.6 Å². The first-order valence-corrected chi connectivity index (χ1v) is 8.67. The van der Waals surface area contributed by atoms with Gasteiger partial charge in [-0.1, -0.05) is 24.3 Å². The van der Waals surface area contributed by atoms with Gasteiger partial charge in [0.25, 0.3) is 0 Å². The number of hydrogen-bond acceptors (Lipinski definition) is 3. The zero-order valence-electron chi connectivity index (χ0n) is 12.0. The predicted molar refractivity (Wildman–Crippen MR) is 87.2 cm³/mol. The van der Waals surface area contributed by atoms with E-state index in [9.17, 15) is 13.7 Å². The van der Waals surface area contributed by atoms with Crippen molar-refractivity contribution in [3.63, 3.8) is 0 Å². The first-order valence-electron chi connectivity index (χ1n) is 6.65. The Morgan fingerprint density at radius 2 is 1.91 bits per heavy atom. The number of sulfonamides is 1. The fraction of sp³-hybridized carbons (Fsp3) is 0.188. The van der Waals surface area contributed by atoms with Crippen LogP contribution < -0.4 is 4.72 Å². The average Bonchev–Trinajstić information content (AvgIpc) is 2.53. The van der Waals surface area contributed by atoms with Crippen LogP contribution in [0.5, 0.6) is 0 Å². The summed E-state index contributed by atoms with van der Waals surface area (Å²) in [5, 5.41) is 9.18. The number of halogens is 1. The molecule has 0 saturated heterocycles. The van der Waals surface area contributed by atoms with Gasteiger partial charge in [-0.15, -0.1) is 11.6 Å². The number of nitriles is 1. The van der Waals surface area contributed by atoms with Crippen molar-refractivity contribution in [2.75, 3.05) is 12.4 Å². The quantitative estimate of drug-likeness (QED) is 0.854. The molecule has 0 amide bonds. The van der Waals surface area contributed by atoms with Gasteiger partial charge in [0.05, 0.1) is 16.5 Å². The van der Waals surface area contributed by atoms with E-state index in [-0.39, 0.29) is 17.3 Å². The van der Waals surface area contributed by atoms with E-state index in [2.05, 4.69) is 10.8 Å². The maximum Gasteiger partial charge on any atom is 0.240 e. The first-order chi connectivity index (χ1) is 10.5. The molecule has 0 atom stereocenters. The zero-order chi connectivity index (χ0) is 16.2. The summed E-state index contributed by atoms with van der Waals surface area (Å²) in [4.78, 5) is 0.188. The minimum absolute atomic E-state index is 0.182. The Balaban J connectivity index is 2.45. The van der Waals surface area contributed by atoms with Gasteiger partial charge in [0, 0.05) is 12.4 Å². The number of aryl methyl sites for hydroxylation is 1. The van der Waals surface area contributed by atoms with Crippen LogP contribution in [-0.2, 0) is 10.0 Å². The number of alkyl halides is 1. The van der Waals surface area contributed by atoms with Gasteiger partial charge in [0.2, 0.25) is 10.0 Å². The van der Waals surface area contributed by atoms with Crippen molar-refractivity contribution in [3.8, 4) is 17.2 Å². The van der Waals surface area contributed by atoms with Crippen molar-refractivity contribution in [1.29, 1.82) is 5.26 Å². The average molecular weight is 335 g/mol. The van der Waals surface area contributed by atoms with Gasteiger partial charge in [-0.25, -0.2) is 13.1 Å². The monoisotopic (exact) mass is 334 g/mol. The molecule has 2 aromatic carbocycles. The lowest BCUT2D eigenvalue weighted by Gasteiger charge is -2.11. The molecule has 1 N–H and O–H groups in total. The van der Waals surface area contributed by atoms with E-state index >= 15 is 0 Å². The van der Waals surface area contributed by atoms with E-state index in [0.717, 1.165) is 16.7 Å². The highest BCUT2D eigenvalue weighted by Crippen LogP contribution is 2.28. The summed E-state index contributed by atoms with van der Waals surface area (Å²) in [7, 11) is -3.56. The van der Waals surface area contributed by atoms with E-state index < -0.39 is 10.0 Å². The second-order valence-corrected chi connectivity index (χ2v) is 6.87. The molecule has 0 saturated carbocycles. The first kappa shape index (κ1) is 16.5. The topological polar surface area (TPSA) is 70.0 Å². The van der Waals surface area contributed by atoms with Crippen LogP contribution >= 0.6 is 11.6 Å². The Kier molecular flexibility index (Phi) is 5.19. The minimum atomic E-state index is -3.56. The standard InChI is InChI=1S/C16H15ClN2O2S/c1-12-10-14(22(20,21)19-9-8-17)6-7-15(12)16-5-3-2-4-13(16)11-18/h2-7,10,19H,8-9H2,1H3. The molecule has 0 aliphatic rings. The lowest BCUT2D eigenvalue weighted by molar-refractivity contribution is 0.584. The molecule has 0 aromatic heterocycles.